The molecule has 206 valence electrons. The number of methoxy groups -OCH3 is 1. The van der Waals surface area contributed by atoms with Crippen molar-refractivity contribution in [2.45, 2.75) is 38.1 Å². The van der Waals surface area contributed by atoms with Crippen LogP contribution in [0.5, 0.6) is 11.5 Å². The van der Waals surface area contributed by atoms with Crippen LogP contribution in [-0.2, 0) is 11.4 Å². The van der Waals surface area contributed by atoms with Crippen LogP contribution in [-0.4, -0.2) is 33.5 Å². The van der Waals surface area contributed by atoms with E-state index in [1.165, 1.54) is 0 Å². The smallest absolute Gasteiger partial charge is 0.255 e. The number of rotatable bonds is 10. The Kier molecular flexibility index (Phi) is 8.76. The third-order valence-electron chi connectivity index (χ3n) is 6.38. The molecule has 8 nitrogen and oxygen atoms in total. The molecule has 5 rings (SSSR count). The van der Waals surface area contributed by atoms with Crippen molar-refractivity contribution in [3.8, 4) is 11.5 Å². The first-order valence-electron chi connectivity index (χ1n) is 13.0. The normalized spacial score (nSPS) is 14.3. The fourth-order valence-corrected chi connectivity index (χ4v) is 5.37. The van der Waals surface area contributed by atoms with Crippen LogP contribution in [0.1, 0.15) is 37.4 Å². The third kappa shape index (κ3) is 6.18. The largest absolute Gasteiger partial charge is 0.495 e. The maximum absolute atomic E-state index is 13.8. The predicted molar refractivity (Wildman–Crippen MR) is 162 cm³/mol. The third-order valence-corrected chi connectivity index (χ3v) is 7.96. The van der Waals surface area contributed by atoms with Gasteiger partial charge < -0.3 is 20.1 Å². The average Bonchev–Trinajstić information content (AvgIpc) is 3.38. The molecule has 0 saturated heterocycles. The minimum Gasteiger partial charge on any atom is -0.495 e. The second kappa shape index (κ2) is 12.6. The molecule has 0 bridgehead atoms. The molecule has 1 amide bonds. The molecule has 0 radical (unpaired) electrons. The molecule has 1 aromatic heterocycles. The molecule has 2 N–H and O–H groups in total. The minimum atomic E-state index is -0.491. The summed E-state index contributed by atoms with van der Waals surface area (Å²) in [5.41, 5.74) is 3.80. The number of halogens is 1. The molecule has 40 heavy (non-hydrogen) atoms. The summed E-state index contributed by atoms with van der Waals surface area (Å²) in [7, 11) is 1.58. The highest BCUT2D eigenvalue weighted by molar-refractivity contribution is 9.10. The summed E-state index contributed by atoms with van der Waals surface area (Å²) < 4.78 is 14.3. The van der Waals surface area contributed by atoms with E-state index in [2.05, 4.69) is 33.5 Å². The van der Waals surface area contributed by atoms with Crippen molar-refractivity contribution in [3.05, 3.63) is 99.7 Å². The Bertz CT molecular complexity index is 1520. The minimum absolute atomic E-state index is 0.251. The van der Waals surface area contributed by atoms with E-state index in [0.29, 0.717) is 40.4 Å². The van der Waals surface area contributed by atoms with Gasteiger partial charge >= 0.3 is 0 Å². The number of amides is 1. The number of thioether (sulfide) groups is 1. The molecule has 1 aliphatic heterocycles. The Balaban J connectivity index is 1.45. The first-order chi connectivity index (χ1) is 19.5. The lowest BCUT2D eigenvalue weighted by molar-refractivity contribution is -0.113. The standard InChI is InChI=1S/C30H30BrN5O3S/c1-4-17-40-30-34-29-32-19(2)26(28(37)33-24-7-5-6-8-25(24)38-3)27(36(29)35-30)21-11-15-23(16-12-21)39-18-20-9-13-22(31)14-10-20/h5-16,27H,4,17-18H2,1-3H3,(H,33,37)(H,32,34,35). The summed E-state index contributed by atoms with van der Waals surface area (Å²) in [4.78, 5) is 18.5. The lowest BCUT2D eigenvalue weighted by Crippen LogP contribution is -2.31. The summed E-state index contributed by atoms with van der Waals surface area (Å²) in [6.07, 6.45) is 1.01. The van der Waals surface area contributed by atoms with Gasteiger partial charge in [0.15, 0.2) is 0 Å². The van der Waals surface area contributed by atoms with Crippen molar-refractivity contribution in [3.63, 3.8) is 0 Å². The highest BCUT2D eigenvalue weighted by Gasteiger charge is 2.34. The maximum atomic E-state index is 13.8. The number of carbonyl (C=O) groups is 1. The summed E-state index contributed by atoms with van der Waals surface area (Å²) >= 11 is 5.06. The van der Waals surface area contributed by atoms with Gasteiger partial charge in [0.2, 0.25) is 11.1 Å². The summed E-state index contributed by atoms with van der Waals surface area (Å²) in [6, 6.07) is 22.7. The van der Waals surface area contributed by atoms with Gasteiger partial charge in [0.25, 0.3) is 5.91 Å². The molecule has 0 fully saturated rings. The van der Waals surface area contributed by atoms with Crippen molar-refractivity contribution in [1.29, 1.82) is 0 Å². The molecular formula is C30H30BrN5O3S. The van der Waals surface area contributed by atoms with E-state index in [0.717, 1.165) is 33.5 Å². The average molecular weight is 621 g/mol. The van der Waals surface area contributed by atoms with Gasteiger partial charge in [-0.05, 0) is 60.9 Å². The molecule has 1 aliphatic rings. The van der Waals surface area contributed by atoms with Gasteiger partial charge in [0.05, 0.1) is 18.4 Å². The second-order valence-electron chi connectivity index (χ2n) is 9.22. The number of benzene rings is 3. The van der Waals surface area contributed by atoms with E-state index in [1.807, 2.05) is 79.7 Å². The number of allylic oxidation sites excluding steroid dienone is 1. The Hall–Kier alpha value is -3.76. The lowest BCUT2D eigenvalue weighted by atomic mass is 9.95. The zero-order chi connectivity index (χ0) is 28.1. The number of carbonyl (C=O) groups excluding carboxylic acids is 1. The van der Waals surface area contributed by atoms with Crippen LogP contribution >= 0.6 is 27.7 Å². The lowest BCUT2D eigenvalue weighted by Gasteiger charge is -2.29. The number of aromatic nitrogens is 3. The summed E-state index contributed by atoms with van der Waals surface area (Å²) in [5.74, 6) is 2.58. The maximum Gasteiger partial charge on any atom is 0.255 e. The Morgan fingerprint density at radius 3 is 2.58 bits per heavy atom. The van der Waals surface area contributed by atoms with Crippen LogP contribution in [0.4, 0.5) is 11.6 Å². The van der Waals surface area contributed by atoms with E-state index in [1.54, 1.807) is 23.6 Å². The molecule has 0 saturated carbocycles. The summed E-state index contributed by atoms with van der Waals surface area (Å²) in [6.45, 7) is 4.46. The molecular weight excluding hydrogens is 590 g/mol. The number of anilines is 2. The second-order valence-corrected chi connectivity index (χ2v) is 11.2. The van der Waals surface area contributed by atoms with Gasteiger partial charge in [-0.15, -0.1) is 5.10 Å². The van der Waals surface area contributed by atoms with Gasteiger partial charge in [-0.2, -0.15) is 4.98 Å². The van der Waals surface area contributed by atoms with Crippen LogP contribution in [0.2, 0.25) is 0 Å². The Morgan fingerprint density at radius 1 is 1.10 bits per heavy atom. The number of nitrogens with one attached hydrogen (secondary N) is 2. The first-order valence-corrected chi connectivity index (χ1v) is 14.7. The monoisotopic (exact) mass is 619 g/mol. The van der Waals surface area contributed by atoms with Crippen LogP contribution in [0, 0.1) is 0 Å². The number of ether oxygens (including phenoxy) is 2. The van der Waals surface area contributed by atoms with E-state index in [9.17, 15) is 4.79 Å². The zero-order valence-electron chi connectivity index (χ0n) is 22.5. The molecule has 1 atom stereocenters. The highest BCUT2D eigenvalue weighted by Crippen LogP contribution is 2.38. The number of para-hydroxylation sites is 2. The Labute approximate surface area is 246 Å². The number of nitrogens with zero attached hydrogens (tertiary/aromatic N) is 3. The fourth-order valence-electron chi connectivity index (χ4n) is 4.42. The van der Waals surface area contributed by atoms with Crippen LogP contribution in [0.15, 0.2) is 93.7 Å². The number of hydrogen-bond acceptors (Lipinski definition) is 7. The van der Waals surface area contributed by atoms with Crippen LogP contribution in [0.3, 0.4) is 0 Å². The van der Waals surface area contributed by atoms with E-state index in [-0.39, 0.29) is 5.91 Å². The van der Waals surface area contributed by atoms with Crippen molar-refractivity contribution in [2.75, 3.05) is 23.5 Å². The molecule has 2 heterocycles. The van der Waals surface area contributed by atoms with E-state index >= 15 is 0 Å². The van der Waals surface area contributed by atoms with Crippen LogP contribution in [0.25, 0.3) is 0 Å². The SMILES string of the molecule is CCCSc1nc2n(n1)C(c1ccc(OCc3ccc(Br)cc3)cc1)C(C(=O)Nc1ccccc1OC)=C(C)N2. The van der Waals surface area contributed by atoms with Crippen molar-refractivity contribution in [2.24, 2.45) is 0 Å². The van der Waals surface area contributed by atoms with Gasteiger partial charge in [-0.25, -0.2) is 4.68 Å². The zero-order valence-corrected chi connectivity index (χ0v) is 24.9. The van der Waals surface area contributed by atoms with Crippen molar-refractivity contribution < 1.29 is 14.3 Å². The van der Waals surface area contributed by atoms with E-state index in [4.69, 9.17) is 19.6 Å². The predicted octanol–water partition coefficient (Wildman–Crippen LogP) is 7.06. The molecule has 4 aromatic rings. The molecule has 10 heteroatoms. The first kappa shape index (κ1) is 27.8. The van der Waals surface area contributed by atoms with E-state index < -0.39 is 6.04 Å². The molecule has 3 aromatic carbocycles. The highest BCUT2D eigenvalue weighted by atomic mass is 79.9. The van der Waals surface area contributed by atoms with Gasteiger partial charge in [-0.3, -0.25) is 4.79 Å². The quantitative estimate of drug-likeness (QED) is 0.184. The Morgan fingerprint density at radius 2 is 1.85 bits per heavy atom. The molecule has 0 aliphatic carbocycles. The number of hydrogen-bond donors (Lipinski definition) is 2. The van der Waals surface area contributed by atoms with Gasteiger partial charge in [0.1, 0.15) is 24.1 Å². The van der Waals surface area contributed by atoms with Gasteiger partial charge in [0, 0.05) is 15.9 Å². The van der Waals surface area contributed by atoms with Crippen molar-refractivity contribution in [1.82, 2.24) is 14.8 Å². The number of fused-ring (bicyclic) bond motifs is 1. The topological polar surface area (TPSA) is 90.3 Å². The molecule has 1 unspecified atom stereocenters. The summed E-state index contributed by atoms with van der Waals surface area (Å²) in [5, 5.41) is 11.8. The van der Waals surface area contributed by atoms with Crippen LogP contribution < -0.4 is 20.1 Å². The fraction of sp³-hybridized carbons (Fsp3) is 0.233. The van der Waals surface area contributed by atoms with Crippen molar-refractivity contribution >= 4 is 45.2 Å². The molecule has 0 spiro atoms. The van der Waals surface area contributed by atoms with Gasteiger partial charge in [-0.1, -0.05) is 71.0 Å².